The highest BCUT2D eigenvalue weighted by Crippen LogP contribution is 2.26. The second-order valence-corrected chi connectivity index (χ2v) is 7.31. The highest BCUT2D eigenvalue weighted by molar-refractivity contribution is 6.33. The van der Waals surface area contributed by atoms with Gasteiger partial charge in [-0.05, 0) is 44.0 Å². The molecule has 1 aliphatic heterocycles. The quantitative estimate of drug-likeness (QED) is 0.878. The number of halogens is 1. The highest BCUT2D eigenvalue weighted by Gasteiger charge is 2.26. The first kappa shape index (κ1) is 18.7. The number of anilines is 2. The van der Waals surface area contributed by atoms with Gasteiger partial charge in [-0.15, -0.1) is 0 Å². The molecule has 0 aromatic heterocycles. The monoisotopic (exact) mass is 371 g/mol. The summed E-state index contributed by atoms with van der Waals surface area (Å²) >= 11 is 6.31. The van der Waals surface area contributed by atoms with Gasteiger partial charge in [0.15, 0.2) is 0 Å². The van der Waals surface area contributed by atoms with Gasteiger partial charge in [-0.1, -0.05) is 41.9 Å². The van der Waals surface area contributed by atoms with E-state index >= 15 is 0 Å². The van der Waals surface area contributed by atoms with Crippen molar-refractivity contribution in [2.24, 2.45) is 0 Å². The number of piperazine rings is 1. The molecule has 5 heteroatoms. The summed E-state index contributed by atoms with van der Waals surface area (Å²) in [6.07, 6.45) is 0. The summed E-state index contributed by atoms with van der Waals surface area (Å²) in [6, 6.07) is 13.8. The molecule has 1 fully saturated rings. The van der Waals surface area contributed by atoms with Gasteiger partial charge >= 0.3 is 0 Å². The predicted molar refractivity (Wildman–Crippen MR) is 109 cm³/mol. The van der Waals surface area contributed by atoms with Crippen LogP contribution in [0, 0.1) is 13.8 Å². The smallest absolute Gasteiger partial charge is 0.241 e. The predicted octanol–water partition coefficient (Wildman–Crippen LogP) is 4.11. The summed E-state index contributed by atoms with van der Waals surface area (Å²) < 4.78 is 0. The largest absolute Gasteiger partial charge is 0.368 e. The van der Waals surface area contributed by atoms with Gasteiger partial charge in [-0.3, -0.25) is 9.69 Å². The average Bonchev–Trinajstić information content (AvgIpc) is 2.65. The van der Waals surface area contributed by atoms with E-state index in [1.54, 1.807) is 0 Å². The van der Waals surface area contributed by atoms with Crippen LogP contribution in [0.4, 0.5) is 11.4 Å². The van der Waals surface area contributed by atoms with Gasteiger partial charge < -0.3 is 10.2 Å². The minimum Gasteiger partial charge on any atom is -0.368 e. The molecule has 0 bridgehead atoms. The Morgan fingerprint density at radius 3 is 2.23 bits per heavy atom. The van der Waals surface area contributed by atoms with Crippen molar-refractivity contribution >= 4 is 28.9 Å². The van der Waals surface area contributed by atoms with E-state index in [0.29, 0.717) is 0 Å². The maximum atomic E-state index is 12.7. The van der Waals surface area contributed by atoms with Crippen LogP contribution in [0.2, 0.25) is 5.02 Å². The fraction of sp³-hybridized carbons (Fsp3) is 0.381. The molecule has 4 nitrogen and oxygen atoms in total. The Balaban J connectivity index is 1.60. The standard InChI is InChI=1S/C21H26ClN3O/c1-15-7-6-8-16(2)20(15)23-21(26)17(3)24-11-13-25(14-12-24)19-10-5-4-9-18(19)22/h4-10,17H,11-14H2,1-3H3,(H,23,26)/t17-/m1/s1. The molecule has 3 rings (SSSR count). The topological polar surface area (TPSA) is 35.6 Å². The Morgan fingerprint density at radius 1 is 1.00 bits per heavy atom. The molecular formula is C21H26ClN3O. The summed E-state index contributed by atoms with van der Waals surface area (Å²) in [4.78, 5) is 17.3. The van der Waals surface area contributed by atoms with Crippen LogP contribution in [-0.4, -0.2) is 43.0 Å². The summed E-state index contributed by atoms with van der Waals surface area (Å²) in [7, 11) is 0. The van der Waals surface area contributed by atoms with Crippen molar-refractivity contribution < 1.29 is 4.79 Å². The minimum atomic E-state index is -0.164. The number of carbonyl (C=O) groups is 1. The first-order valence-corrected chi connectivity index (χ1v) is 9.46. The molecule has 1 amide bonds. The fourth-order valence-corrected chi connectivity index (χ4v) is 3.72. The van der Waals surface area contributed by atoms with Crippen LogP contribution in [0.1, 0.15) is 18.1 Å². The van der Waals surface area contributed by atoms with Gasteiger partial charge in [0.2, 0.25) is 5.91 Å². The summed E-state index contributed by atoms with van der Waals surface area (Å²) in [6.45, 7) is 9.44. The molecule has 0 unspecified atom stereocenters. The van der Waals surface area contributed by atoms with Gasteiger partial charge in [0.25, 0.3) is 0 Å². The number of para-hydroxylation sites is 2. The van der Waals surface area contributed by atoms with E-state index in [1.807, 2.05) is 57.2 Å². The number of nitrogens with zero attached hydrogens (tertiary/aromatic N) is 2. The number of aryl methyl sites for hydroxylation is 2. The Morgan fingerprint density at radius 2 is 1.62 bits per heavy atom. The van der Waals surface area contributed by atoms with E-state index in [1.165, 1.54) is 0 Å². The maximum Gasteiger partial charge on any atom is 0.241 e. The highest BCUT2D eigenvalue weighted by atomic mass is 35.5. The van der Waals surface area contributed by atoms with Crippen molar-refractivity contribution in [2.75, 3.05) is 36.4 Å². The third-order valence-electron chi connectivity index (χ3n) is 5.16. The third-order valence-corrected chi connectivity index (χ3v) is 5.48. The van der Waals surface area contributed by atoms with Crippen LogP contribution in [0.3, 0.4) is 0 Å². The van der Waals surface area contributed by atoms with Crippen molar-refractivity contribution in [3.8, 4) is 0 Å². The average molecular weight is 372 g/mol. The molecule has 1 atom stereocenters. The molecular weight excluding hydrogens is 346 g/mol. The van der Waals surface area contributed by atoms with Crippen molar-refractivity contribution in [2.45, 2.75) is 26.8 Å². The number of carbonyl (C=O) groups excluding carboxylic acids is 1. The van der Waals surface area contributed by atoms with E-state index in [9.17, 15) is 4.79 Å². The summed E-state index contributed by atoms with van der Waals surface area (Å²) in [5.41, 5.74) is 4.18. The number of nitrogens with one attached hydrogen (secondary N) is 1. The maximum absolute atomic E-state index is 12.7. The second-order valence-electron chi connectivity index (χ2n) is 6.91. The minimum absolute atomic E-state index is 0.0496. The molecule has 2 aromatic carbocycles. The van der Waals surface area contributed by atoms with Crippen LogP contribution in [0.5, 0.6) is 0 Å². The molecule has 0 aliphatic carbocycles. The number of amides is 1. The zero-order chi connectivity index (χ0) is 18.7. The molecule has 1 saturated heterocycles. The van der Waals surface area contributed by atoms with Gasteiger partial charge in [0, 0.05) is 31.9 Å². The Kier molecular flexibility index (Phi) is 5.84. The normalized spacial score (nSPS) is 16.4. The van der Waals surface area contributed by atoms with Crippen LogP contribution >= 0.6 is 11.6 Å². The Labute approximate surface area is 160 Å². The number of rotatable bonds is 4. The molecule has 1 heterocycles. The third kappa shape index (κ3) is 4.02. The van der Waals surface area contributed by atoms with Crippen molar-refractivity contribution in [3.63, 3.8) is 0 Å². The van der Waals surface area contributed by atoms with Gasteiger partial charge in [-0.25, -0.2) is 0 Å². The lowest BCUT2D eigenvalue weighted by Gasteiger charge is -2.38. The first-order chi connectivity index (χ1) is 12.5. The van der Waals surface area contributed by atoms with E-state index in [2.05, 4.69) is 21.2 Å². The molecule has 138 valence electrons. The lowest BCUT2D eigenvalue weighted by Crippen LogP contribution is -2.53. The molecule has 1 N–H and O–H groups in total. The van der Waals surface area contributed by atoms with Crippen LogP contribution in [0.15, 0.2) is 42.5 Å². The number of benzene rings is 2. The second kappa shape index (κ2) is 8.11. The summed E-state index contributed by atoms with van der Waals surface area (Å²) in [5.74, 6) is 0.0496. The molecule has 0 saturated carbocycles. The van der Waals surface area contributed by atoms with Crippen molar-refractivity contribution in [3.05, 3.63) is 58.6 Å². The Hall–Kier alpha value is -2.04. The van der Waals surface area contributed by atoms with Gasteiger partial charge in [-0.2, -0.15) is 0 Å². The summed E-state index contributed by atoms with van der Waals surface area (Å²) in [5, 5.41) is 3.89. The zero-order valence-corrected chi connectivity index (χ0v) is 16.4. The van der Waals surface area contributed by atoms with E-state index in [0.717, 1.165) is 53.7 Å². The lowest BCUT2D eigenvalue weighted by atomic mass is 10.1. The first-order valence-electron chi connectivity index (χ1n) is 9.08. The molecule has 2 aromatic rings. The Bertz CT molecular complexity index is 764. The SMILES string of the molecule is Cc1cccc(C)c1NC(=O)[C@@H](C)N1CCN(c2ccccc2Cl)CC1. The van der Waals surface area contributed by atoms with E-state index in [4.69, 9.17) is 11.6 Å². The van der Waals surface area contributed by atoms with Crippen LogP contribution in [-0.2, 0) is 4.79 Å². The lowest BCUT2D eigenvalue weighted by molar-refractivity contribution is -0.120. The molecule has 0 spiro atoms. The van der Waals surface area contributed by atoms with E-state index in [-0.39, 0.29) is 11.9 Å². The molecule has 0 radical (unpaired) electrons. The van der Waals surface area contributed by atoms with Gasteiger partial charge in [0.1, 0.15) is 0 Å². The van der Waals surface area contributed by atoms with Gasteiger partial charge in [0.05, 0.1) is 16.8 Å². The number of hydrogen-bond donors (Lipinski definition) is 1. The molecule has 26 heavy (non-hydrogen) atoms. The molecule has 1 aliphatic rings. The van der Waals surface area contributed by atoms with Crippen LogP contribution in [0.25, 0.3) is 0 Å². The van der Waals surface area contributed by atoms with Crippen molar-refractivity contribution in [1.82, 2.24) is 4.90 Å². The fourth-order valence-electron chi connectivity index (χ4n) is 3.46. The van der Waals surface area contributed by atoms with Crippen LogP contribution < -0.4 is 10.2 Å². The number of hydrogen-bond acceptors (Lipinski definition) is 3. The van der Waals surface area contributed by atoms with E-state index < -0.39 is 0 Å². The van der Waals surface area contributed by atoms with Crippen molar-refractivity contribution in [1.29, 1.82) is 0 Å². The zero-order valence-electron chi connectivity index (χ0n) is 15.6.